The van der Waals surface area contributed by atoms with Gasteiger partial charge in [-0.1, -0.05) is 170 Å². The van der Waals surface area contributed by atoms with Crippen LogP contribution in [0.2, 0.25) is 0 Å². The van der Waals surface area contributed by atoms with Crippen molar-refractivity contribution >= 4 is 9.84 Å². The van der Waals surface area contributed by atoms with E-state index in [0.29, 0.717) is 5.56 Å². The average molecular weight is 931 g/mol. The zero-order chi connectivity index (χ0) is 46.4. The predicted octanol–water partition coefficient (Wildman–Crippen LogP) is 8.13. The molecule has 1 unspecified atom stereocenters. The quantitative estimate of drug-likeness (QED) is 0.0704. The van der Waals surface area contributed by atoms with Gasteiger partial charge in [0.05, 0.1) is 44.5 Å². The Balaban J connectivity index is 1.19. The number of aliphatic hydroxyl groups is 1. The Morgan fingerprint density at radius 1 is 0.493 bits per heavy atom. The van der Waals surface area contributed by atoms with Gasteiger partial charge in [0.1, 0.15) is 42.7 Å². The van der Waals surface area contributed by atoms with E-state index in [0.717, 1.165) is 27.8 Å². The first-order chi connectivity index (χ1) is 32.8. The van der Waals surface area contributed by atoms with E-state index in [4.69, 9.17) is 42.6 Å². The molecule has 352 valence electrons. The standard InChI is InChI=1S/C54H58O12S/c1-38-20-18-19-31-45(38)67(56,57)52(55)49-48(61-34-41-25-12-5-13-26-41)51(63-36-43-29-16-7-17-30-43)54(66-49)65-46-44(37-59-32-39-21-8-3-9-22-39)64-53(58-2)50(62-35-42-27-14-6-15-28-42)47(46)60-33-40-23-10-4-11-24-40/h3-31,44,46-55H,32-37H2,1-2H3/t44-,46-,47+,48+,49+,50+,51-,52?,53+,54+/m1/s1. The predicted molar refractivity (Wildman–Crippen MR) is 250 cm³/mol. The lowest BCUT2D eigenvalue weighted by atomic mass is 9.97. The first-order valence-electron chi connectivity index (χ1n) is 22.5. The first kappa shape index (κ1) is 48.3. The van der Waals surface area contributed by atoms with Crippen LogP contribution in [0.15, 0.2) is 181 Å². The van der Waals surface area contributed by atoms with Crippen molar-refractivity contribution in [3.05, 3.63) is 209 Å². The summed E-state index contributed by atoms with van der Waals surface area (Å²) >= 11 is 0. The Bertz CT molecular complexity index is 2480. The number of methoxy groups -OCH3 is 1. The van der Waals surface area contributed by atoms with E-state index < -0.39 is 70.6 Å². The molecule has 0 radical (unpaired) electrons. The van der Waals surface area contributed by atoms with Crippen LogP contribution in [0.5, 0.6) is 0 Å². The van der Waals surface area contributed by atoms with E-state index in [1.807, 2.05) is 152 Å². The molecule has 1 N–H and O–H groups in total. The molecule has 0 aliphatic carbocycles. The van der Waals surface area contributed by atoms with Crippen LogP contribution in [0.25, 0.3) is 0 Å². The van der Waals surface area contributed by atoms with Crippen molar-refractivity contribution in [2.45, 2.75) is 106 Å². The Morgan fingerprint density at radius 2 is 0.896 bits per heavy atom. The molecule has 0 saturated carbocycles. The maximum Gasteiger partial charge on any atom is 0.207 e. The number of aliphatic hydroxyl groups excluding tert-OH is 1. The second-order valence-corrected chi connectivity index (χ2v) is 18.6. The van der Waals surface area contributed by atoms with Gasteiger partial charge in [0.2, 0.25) is 9.84 Å². The molecule has 2 saturated heterocycles. The molecule has 2 aliphatic rings. The van der Waals surface area contributed by atoms with Gasteiger partial charge in [-0.2, -0.15) is 0 Å². The smallest absolute Gasteiger partial charge is 0.207 e. The number of aryl methyl sites for hydroxylation is 1. The summed E-state index contributed by atoms with van der Waals surface area (Å²) in [4.78, 5) is -0.0336. The number of benzene rings is 6. The maximum atomic E-state index is 14.4. The highest BCUT2D eigenvalue weighted by Gasteiger charge is 2.57. The normalized spacial score (nSPS) is 24.6. The van der Waals surface area contributed by atoms with E-state index in [-0.39, 0.29) is 44.5 Å². The van der Waals surface area contributed by atoms with E-state index in [1.165, 1.54) is 6.07 Å². The van der Waals surface area contributed by atoms with Crippen LogP contribution in [0.1, 0.15) is 33.4 Å². The summed E-state index contributed by atoms with van der Waals surface area (Å²) in [6.45, 7) is 2.49. The summed E-state index contributed by atoms with van der Waals surface area (Å²) < 4.78 is 88.8. The van der Waals surface area contributed by atoms with Crippen molar-refractivity contribution < 1.29 is 56.2 Å². The highest BCUT2D eigenvalue weighted by molar-refractivity contribution is 7.92. The van der Waals surface area contributed by atoms with Crippen molar-refractivity contribution in [2.75, 3.05) is 13.7 Å². The van der Waals surface area contributed by atoms with Crippen LogP contribution in [-0.4, -0.2) is 88.0 Å². The third-order valence-electron chi connectivity index (χ3n) is 11.9. The minimum Gasteiger partial charge on any atom is -0.375 e. The van der Waals surface area contributed by atoms with Crippen LogP contribution in [0, 0.1) is 6.92 Å². The molecule has 8 rings (SSSR count). The maximum absolute atomic E-state index is 14.4. The highest BCUT2D eigenvalue weighted by atomic mass is 32.2. The van der Waals surface area contributed by atoms with Gasteiger partial charge in [-0.15, -0.1) is 0 Å². The van der Waals surface area contributed by atoms with Gasteiger partial charge >= 0.3 is 0 Å². The van der Waals surface area contributed by atoms with Crippen molar-refractivity contribution in [1.82, 2.24) is 0 Å². The van der Waals surface area contributed by atoms with Crippen molar-refractivity contribution in [3.63, 3.8) is 0 Å². The molecule has 0 amide bonds. The summed E-state index contributed by atoms with van der Waals surface area (Å²) in [5, 5.41) is 12.2. The Labute approximate surface area is 393 Å². The molecule has 0 bridgehead atoms. The molecule has 67 heavy (non-hydrogen) atoms. The first-order valence-corrected chi connectivity index (χ1v) is 24.0. The van der Waals surface area contributed by atoms with Gasteiger partial charge < -0.3 is 47.7 Å². The lowest BCUT2D eigenvalue weighted by Crippen LogP contribution is -2.62. The van der Waals surface area contributed by atoms with Gasteiger partial charge in [-0.05, 0) is 46.4 Å². The zero-order valence-electron chi connectivity index (χ0n) is 37.6. The van der Waals surface area contributed by atoms with Crippen LogP contribution in [0.4, 0.5) is 0 Å². The summed E-state index contributed by atoms with van der Waals surface area (Å²) in [6.07, 6.45) is -9.65. The Morgan fingerprint density at radius 3 is 1.36 bits per heavy atom. The molecule has 6 aromatic carbocycles. The van der Waals surface area contributed by atoms with Crippen LogP contribution in [-0.2, 0) is 85.5 Å². The molecular formula is C54H58O12S. The fraction of sp³-hybridized carbons (Fsp3) is 0.333. The van der Waals surface area contributed by atoms with E-state index in [2.05, 4.69) is 0 Å². The average Bonchev–Trinajstić information content (AvgIpc) is 3.71. The third-order valence-corrected chi connectivity index (χ3v) is 13.8. The number of ether oxygens (including phenoxy) is 9. The number of hydrogen-bond donors (Lipinski definition) is 1. The number of rotatable bonds is 22. The Kier molecular flexibility index (Phi) is 17.1. The molecule has 0 aromatic heterocycles. The fourth-order valence-electron chi connectivity index (χ4n) is 8.36. The van der Waals surface area contributed by atoms with E-state index in [1.54, 1.807) is 32.2 Å². The second-order valence-electron chi connectivity index (χ2n) is 16.6. The minimum absolute atomic E-state index is 0.0277. The summed E-state index contributed by atoms with van der Waals surface area (Å²) in [7, 11) is -2.89. The van der Waals surface area contributed by atoms with Gasteiger partial charge in [-0.25, -0.2) is 8.42 Å². The fourth-order valence-corrected chi connectivity index (χ4v) is 9.97. The van der Waals surface area contributed by atoms with Crippen LogP contribution >= 0.6 is 0 Å². The zero-order valence-corrected chi connectivity index (χ0v) is 38.4. The van der Waals surface area contributed by atoms with Crippen molar-refractivity contribution in [2.24, 2.45) is 0 Å². The van der Waals surface area contributed by atoms with Gasteiger partial charge in [-0.3, -0.25) is 0 Å². The van der Waals surface area contributed by atoms with Crippen LogP contribution < -0.4 is 0 Å². The van der Waals surface area contributed by atoms with Gasteiger partial charge in [0, 0.05) is 7.11 Å². The number of sulfone groups is 1. The van der Waals surface area contributed by atoms with Crippen molar-refractivity contribution in [3.8, 4) is 0 Å². The summed E-state index contributed by atoms with van der Waals surface area (Å²) in [5.41, 5.74) is 2.81. The third kappa shape index (κ3) is 12.5. The molecule has 2 aliphatic heterocycles. The second kappa shape index (κ2) is 23.7. The number of hydrogen-bond acceptors (Lipinski definition) is 12. The Hall–Kier alpha value is -5.13. The highest BCUT2D eigenvalue weighted by Crippen LogP contribution is 2.38. The lowest BCUT2D eigenvalue weighted by molar-refractivity contribution is -0.343. The largest absolute Gasteiger partial charge is 0.375 e. The molecule has 2 fully saturated rings. The summed E-state index contributed by atoms with van der Waals surface area (Å²) in [5.74, 6) is 0. The molecule has 10 atom stereocenters. The lowest BCUT2D eigenvalue weighted by Gasteiger charge is -2.46. The van der Waals surface area contributed by atoms with Crippen LogP contribution in [0.3, 0.4) is 0 Å². The van der Waals surface area contributed by atoms with E-state index >= 15 is 0 Å². The molecule has 13 heteroatoms. The summed E-state index contributed by atoms with van der Waals surface area (Å²) in [6, 6.07) is 54.8. The van der Waals surface area contributed by atoms with Gasteiger partial charge in [0.15, 0.2) is 18.0 Å². The minimum atomic E-state index is -4.43. The topological polar surface area (TPSA) is 137 Å². The molecule has 2 heterocycles. The SMILES string of the molecule is CO[C@H]1O[C@H](COCc2ccccc2)[C@@H](O[C@H]2O[C@H](C(O)S(=O)(=O)c3ccccc3C)[C@H](OCc3ccccc3)[C@H]2OCc2ccccc2)[C@H](OCc2ccccc2)[C@@H]1OCc1ccccc1. The molecule has 0 spiro atoms. The monoisotopic (exact) mass is 930 g/mol. The van der Waals surface area contributed by atoms with E-state index in [9.17, 15) is 13.5 Å². The van der Waals surface area contributed by atoms with Crippen molar-refractivity contribution in [1.29, 1.82) is 0 Å². The molecular weight excluding hydrogens is 873 g/mol. The molecule has 12 nitrogen and oxygen atoms in total. The van der Waals surface area contributed by atoms with Gasteiger partial charge in [0.25, 0.3) is 0 Å². The molecule has 6 aromatic rings.